The van der Waals surface area contributed by atoms with Crippen molar-refractivity contribution in [1.82, 2.24) is 14.7 Å². The molecule has 1 fully saturated rings. The van der Waals surface area contributed by atoms with Gasteiger partial charge in [0.25, 0.3) is 11.5 Å². The predicted molar refractivity (Wildman–Crippen MR) is 106 cm³/mol. The van der Waals surface area contributed by atoms with Crippen LogP contribution in [0.2, 0.25) is 0 Å². The minimum Gasteiger partial charge on any atom is -0.337 e. The second kappa shape index (κ2) is 7.68. The molecule has 0 saturated carbocycles. The number of rotatable bonds is 4. The summed E-state index contributed by atoms with van der Waals surface area (Å²) < 4.78 is 1.35. The number of hydrogen-bond acceptors (Lipinski definition) is 3. The minimum absolute atomic E-state index is 0.0634. The Morgan fingerprint density at radius 2 is 1.64 bits per heavy atom. The van der Waals surface area contributed by atoms with E-state index in [0.717, 1.165) is 12.8 Å². The molecular formula is C22H21N3O3. The van der Waals surface area contributed by atoms with Gasteiger partial charge < -0.3 is 4.90 Å². The maximum Gasteiger partial charge on any atom is 0.271 e. The topological polar surface area (TPSA) is 75.2 Å². The van der Waals surface area contributed by atoms with Crippen LogP contribution in [0.1, 0.15) is 33.7 Å². The molecule has 4 rings (SSSR count). The van der Waals surface area contributed by atoms with Crippen LogP contribution in [0, 0.1) is 5.92 Å². The molecule has 0 radical (unpaired) electrons. The highest BCUT2D eigenvalue weighted by Crippen LogP contribution is 2.22. The summed E-state index contributed by atoms with van der Waals surface area (Å²) in [5, 5.41) is 2.90. The molecule has 28 heavy (non-hydrogen) atoms. The van der Waals surface area contributed by atoms with E-state index in [0.29, 0.717) is 24.3 Å². The van der Waals surface area contributed by atoms with Crippen molar-refractivity contribution in [2.45, 2.75) is 12.8 Å². The van der Waals surface area contributed by atoms with E-state index in [-0.39, 0.29) is 28.9 Å². The molecule has 6 heteroatoms. The quantitative estimate of drug-likeness (QED) is 0.713. The molecule has 2 heterocycles. The van der Waals surface area contributed by atoms with E-state index in [2.05, 4.69) is 5.10 Å². The number of para-hydroxylation sites is 1. The lowest BCUT2D eigenvalue weighted by Crippen LogP contribution is -2.42. The molecule has 1 saturated heterocycles. The Balaban J connectivity index is 1.52. The number of piperidine rings is 1. The molecule has 1 N–H and O–H groups in total. The number of aromatic amines is 1. The van der Waals surface area contributed by atoms with Crippen molar-refractivity contribution in [3.63, 3.8) is 0 Å². The lowest BCUT2D eigenvalue weighted by molar-refractivity contribution is 0.0631. The third-order valence-electron chi connectivity index (χ3n) is 5.10. The van der Waals surface area contributed by atoms with E-state index < -0.39 is 0 Å². The van der Waals surface area contributed by atoms with Gasteiger partial charge in [0, 0.05) is 30.6 Å². The van der Waals surface area contributed by atoms with Crippen LogP contribution in [-0.2, 0) is 0 Å². The number of aromatic nitrogens is 2. The number of nitrogens with zero attached hydrogens (tertiary/aromatic N) is 2. The van der Waals surface area contributed by atoms with E-state index in [4.69, 9.17) is 0 Å². The molecule has 0 spiro atoms. The standard InChI is InChI=1S/C22H21N3O3/c26-20-14-19(23-25(20)18-11-5-2-6-12-18)22(28)24-13-7-10-17(15-24)21(27)16-8-3-1-4-9-16/h1-6,8-9,11-12,14,17,23H,7,10,13,15H2/t17-/m1/s1. The third-order valence-corrected chi connectivity index (χ3v) is 5.10. The van der Waals surface area contributed by atoms with Gasteiger partial charge in [-0.2, -0.15) is 0 Å². The SMILES string of the molecule is O=C(c1ccccc1)[C@@H]1CCCN(C(=O)c2cc(=O)n(-c3ccccc3)[nH]2)C1. The first-order valence-electron chi connectivity index (χ1n) is 9.39. The summed E-state index contributed by atoms with van der Waals surface area (Å²) in [6, 6.07) is 19.6. The fourth-order valence-corrected chi connectivity index (χ4v) is 3.66. The molecule has 0 aliphatic carbocycles. The highest BCUT2D eigenvalue weighted by molar-refractivity contribution is 5.99. The van der Waals surface area contributed by atoms with Crippen molar-refractivity contribution in [1.29, 1.82) is 0 Å². The number of hydrogen-bond donors (Lipinski definition) is 1. The lowest BCUT2D eigenvalue weighted by atomic mass is 9.90. The van der Waals surface area contributed by atoms with Gasteiger partial charge in [-0.3, -0.25) is 19.5 Å². The Morgan fingerprint density at radius 1 is 0.964 bits per heavy atom. The van der Waals surface area contributed by atoms with Crippen molar-refractivity contribution in [3.05, 3.63) is 88.3 Å². The van der Waals surface area contributed by atoms with E-state index in [1.54, 1.807) is 29.2 Å². The number of nitrogens with one attached hydrogen (secondary N) is 1. The monoisotopic (exact) mass is 375 g/mol. The Bertz CT molecular complexity index is 1040. The van der Waals surface area contributed by atoms with Crippen LogP contribution in [0.3, 0.4) is 0 Å². The van der Waals surface area contributed by atoms with E-state index in [1.165, 1.54) is 10.7 Å². The van der Waals surface area contributed by atoms with Gasteiger partial charge in [-0.15, -0.1) is 0 Å². The van der Waals surface area contributed by atoms with Crippen molar-refractivity contribution in [2.24, 2.45) is 5.92 Å². The van der Waals surface area contributed by atoms with E-state index in [1.807, 2.05) is 36.4 Å². The van der Waals surface area contributed by atoms with Crippen LogP contribution in [0.25, 0.3) is 5.69 Å². The summed E-state index contributed by atoms with van der Waals surface area (Å²) in [4.78, 5) is 39.6. The maximum atomic E-state index is 12.9. The molecular weight excluding hydrogens is 354 g/mol. The van der Waals surface area contributed by atoms with Crippen molar-refractivity contribution < 1.29 is 9.59 Å². The van der Waals surface area contributed by atoms with E-state index >= 15 is 0 Å². The fourth-order valence-electron chi connectivity index (χ4n) is 3.66. The van der Waals surface area contributed by atoms with Gasteiger partial charge in [-0.05, 0) is 25.0 Å². The van der Waals surface area contributed by atoms with Gasteiger partial charge in [0.1, 0.15) is 5.69 Å². The first-order chi connectivity index (χ1) is 13.6. The van der Waals surface area contributed by atoms with Crippen LogP contribution in [-0.4, -0.2) is 39.5 Å². The summed E-state index contributed by atoms with van der Waals surface area (Å²) in [5.41, 5.74) is 1.29. The van der Waals surface area contributed by atoms with Crippen LogP contribution in [0.4, 0.5) is 0 Å². The van der Waals surface area contributed by atoms with Crippen LogP contribution in [0.15, 0.2) is 71.5 Å². The second-order valence-corrected chi connectivity index (χ2v) is 7.00. The summed E-state index contributed by atoms with van der Waals surface area (Å²) in [6.07, 6.45) is 1.53. The maximum absolute atomic E-state index is 12.9. The predicted octanol–water partition coefficient (Wildman–Crippen LogP) is 2.90. The normalized spacial score (nSPS) is 16.7. The Hall–Kier alpha value is -3.41. The molecule has 0 unspecified atom stereocenters. The van der Waals surface area contributed by atoms with Gasteiger partial charge >= 0.3 is 0 Å². The Kier molecular flexibility index (Phi) is 4.93. The first kappa shape index (κ1) is 18.0. The van der Waals surface area contributed by atoms with Gasteiger partial charge in [-0.25, -0.2) is 4.68 Å². The first-order valence-corrected chi connectivity index (χ1v) is 9.39. The Labute approximate surface area is 162 Å². The molecule has 142 valence electrons. The zero-order valence-electron chi connectivity index (χ0n) is 15.4. The molecule has 6 nitrogen and oxygen atoms in total. The zero-order chi connectivity index (χ0) is 19.5. The van der Waals surface area contributed by atoms with Crippen molar-refractivity contribution in [2.75, 3.05) is 13.1 Å². The average Bonchev–Trinajstić information content (AvgIpc) is 3.15. The molecule has 0 bridgehead atoms. The number of carbonyl (C=O) groups excluding carboxylic acids is 2. The van der Waals surface area contributed by atoms with Crippen molar-refractivity contribution in [3.8, 4) is 5.69 Å². The van der Waals surface area contributed by atoms with Crippen molar-refractivity contribution >= 4 is 11.7 Å². The highest BCUT2D eigenvalue weighted by atomic mass is 16.2. The number of likely N-dealkylation sites (tertiary alicyclic amines) is 1. The zero-order valence-corrected chi connectivity index (χ0v) is 15.4. The summed E-state index contributed by atoms with van der Waals surface area (Å²) >= 11 is 0. The van der Waals surface area contributed by atoms with Crippen LogP contribution >= 0.6 is 0 Å². The smallest absolute Gasteiger partial charge is 0.271 e. The molecule has 1 aliphatic rings. The number of Topliss-reactive ketones (excluding diaryl/α,β-unsaturated/α-hetero) is 1. The number of carbonyl (C=O) groups is 2. The average molecular weight is 375 g/mol. The summed E-state index contributed by atoms with van der Waals surface area (Å²) in [6.45, 7) is 0.945. The van der Waals surface area contributed by atoms with Gasteiger partial charge in [0.05, 0.1) is 5.69 Å². The molecule has 1 atom stereocenters. The van der Waals surface area contributed by atoms with Gasteiger partial charge in [0.2, 0.25) is 0 Å². The highest BCUT2D eigenvalue weighted by Gasteiger charge is 2.30. The number of H-pyrrole nitrogens is 1. The lowest BCUT2D eigenvalue weighted by Gasteiger charge is -2.31. The molecule has 3 aromatic rings. The number of benzene rings is 2. The fraction of sp³-hybridized carbons (Fsp3) is 0.227. The molecule has 2 aromatic carbocycles. The Morgan fingerprint density at radius 3 is 2.36 bits per heavy atom. The largest absolute Gasteiger partial charge is 0.337 e. The third kappa shape index (κ3) is 3.53. The molecule has 1 aromatic heterocycles. The van der Waals surface area contributed by atoms with Gasteiger partial charge in [-0.1, -0.05) is 48.5 Å². The molecule has 1 amide bonds. The van der Waals surface area contributed by atoms with Crippen LogP contribution in [0.5, 0.6) is 0 Å². The summed E-state index contributed by atoms with van der Waals surface area (Å²) in [7, 11) is 0. The minimum atomic E-state index is -0.288. The van der Waals surface area contributed by atoms with E-state index in [9.17, 15) is 14.4 Å². The number of ketones is 1. The second-order valence-electron chi connectivity index (χ2n) is 7.00. The molecule has 1 aliphatic heterocycles. The van der Waals surface area contributed by atoms with Crippen LogP contribution < -0.4 is 5.56 Å². The summed E-state index contributed by atoms with van der Waals surface area (Å²) in [5.74, 6) is -0.408. The van der Waals surface area contributed by atoms with Gasteiger partial charge in [0.15, 0.2) is 5.78 Å². The number of amides is 1.